The normalized spacial score (nSPS) is 13.7. The summed E-state index contributed by atoms with van der Waals surface area (Å²) in [5, 5.41) is 3.17. The molecule has 0 saturated carbocycles. The molecule has 0 spiro atoms. The van der Waals surface area contributed by atoms with Gasteiger partial charge < -0.3 is 15.8 Å². The van der Waals surface area contributed by atoms with E-state index in [1.807, 2.05) is 32.0 Å². The zero-order valence-corrected chi connectivity index (χ0v) is 13.4. The van der Waals surface area contributed by atoms with Gasteiger partial charge in [0.15, 0.2) is 0 Å². The topological polar surface area (TPSA) is 64.3 Å². The molecule has 1 atom stereocenters. The molecular formula is C17H28N2O2. The number of nitrogens with one attached hydrogen (secondary N) is 1. The third-order valence-electron chi connectivity index (χ3n) is 3.79. The van der Waals surface area contributed by atoms with E-state index in [1.54, 1.807) is 0 Å². The minimum atomic E-state index is -0.615. The van der Waals surface area contributed by atoms with Crippen LogP contribution < -0.4 is 15.8 Å². The molecule has 1 unspecified atom stereocenters. The number of primary amides is 1. The highest BCUT2D eigenvalue weighted by Crippen LogP contribution is 2.19. The van der Waals surface area contributed by atoms with Crippen molar-refractivity contribution >= 4 is 5.91 Å². The van der Waals surface area contributed by atoms with Crippen molar-refractivity contribution in [3.63, 3.8) is 0 Å². The van der Waals surface area contributed by atoms with Crippen LogP contribution in [0.5, 0.6) is 5.75 Å². The highest BCUT2D eigenvalue weighted by molar-refractivity contribution is 5.84. The molecule has 0 aliphatic rings. The lowest BCUT2D eigenvalue weighted by Gasteiger charge is -2.26. The van der Waals surface area contributed by atoms with Crippen LogP contribution in [0.25, 0.3) is 0 Å². The molecule has 0 heterocycles. The van der Waals surface area contributed by atoms with Gasteiger partial charge in [0.25, 0.3) is 0 Å². The Balaban J connectivity index is 2.35. The first kappa shape index (κ1) is 17.5. The third-order valence-corrected chi connectivity index (χ3v) is 3.79. The van der Waals surface area contributed by atoms with E-state index in [0.29, 0.717) is 6.61 Å². The van der Waals surface area contributed by atoms with Crippen molar-refractivity contribution in [1.82, 2.24) is 5.32 Å². The Morgan fingerprint density at radius 3 is 2.62 bits per heavy atom. The van der Waals surface area contributed by atoms with Gasteiger partial charge in [-0.25, -0.2) is 0 Å². The van der Waals surface area contributed by atoms with Crippen LogP contribution in [-0.2, 0) is 11.2 Å². The summed E-state index contributed by atoms with van der Waals surface area (Å²) in [6.07, 6.45) is 3.51. The predicted octanol–water partition coefficient (Wildman–Crippen LogP) is 2.65. The fraction of sp³-hybridized carbons (Fsp3) is 0.588. The number of benzene rings is 1. The molecule has 0 aliphatic heterocycles. The number of hydrogen-bond donors (Lipinski definition) is 2. The molecule has 4 nitrogen and oxygen atoms in total. The second kappa shape index (κ2) is 8.67. The average Bonchev–Trinajstić information content (AvgIpc) is 2.47. The smallest absolute Gasteiger partial charge is 0.237 e. The summed E-state index contributed by atoms with van der Waals surface area (Å²) >= 11 is 0. The Bertz CT molecular complexity index is 448. The summed E-state index contributed by atoms with van der Waals surface area (Å²) in [5.74, 6) is 0.672. The number of nitrogens with two attached hydrogens (primary N) is 1. The molecule has 3 N–H and O–H groups in total. The molecule has 0 fully saturated rings. The number of ether oxygens (including phenoxy) is 1. The molecule has 0 radical (unpaired) electrons. The van der Waals surface area contributed by atoms with E-state index < -0.39 is 5.54 Å². The SMILES string of the molecule is CCNC(C)(CCCCOc1ccccc1CC)C(N)=O. The second-order valence-corrected chi connectivity index (χ2v) is 5.49. The Labute approximate surface area is 128 Å². The highest BCUT2D eigenvalue weighted by atomic mass is 16.5. The first-order chi connectivity index (χ1) is 10.0. The summed E-state index contributed by atoms with van der Waals surface area (Å²) in [5.41, 5.74) is 6.08. The van der Waals surface area contributed by atoms with Gasteiger partial charge in [-0.1, -0.05) is 32.0 Å². The number of likely N-dealkylation sites (N-methyl/N-ethyl adjacent to an activating group) is 1. The molecule has 1 aromatic rings. The maximum absolute atomic E-state index is 11.5. The molecule has 118 valence electrons. The van der Waals surface area contributed by atoms with Crippen LogP contribution in [0.2, 0.25) is 0 Å². The number of rotatable bonds is 10. The fourth-order valence-electron chi connectivity index (χ4n) is 2.39. The minimum Gasteiger partial charge on any atom is -0.493 e. The molecule has 0 saturated heterocycles. The van der Waals surface area contributed by atoms with Gasteiger partial charge in [-0.15, -0.1) is 0 Å². The van der Waals surface area contributed by atoms with Crippen LogP contribution in [0.3, 0.4) is 0 Å². The quantitative estimate of drug-likeness (QED) is 0.652. The number of para-hydroxylation sites is 1. The Morgan fingerprint density at radius 2 is 2.00 bits per heavy atom. The van der Waals surface area contributed by atoms with Crippen molar-refractivity contribution in [1.29, 1.82) is 0 Å². The average molecular weight is 292 g/mol. The summed E-state index contributed by atoms with van der Waals surface area (Å²) < 4.78 is 5.83. The summed E-state index contributed by atoms with van der Waals surface area (Å²) in [6.45, 7) is 7.37. The van der Waals surface area contributed by atoms with E-state index >= 15 is 0 Å². The number of carbonyl (C=O) groups is 1. The first-order valence-corrected chi connectivity index (χ1v) is 7.79. The molecule has 0 bridgehead atoms. The Morgan fingerprint density at radius 1 is 1.29 bits per heavy atom. The molecule has 1 aromatic carbocycles. The van der Waals surface area contributed by atoms with Crippen molar-refractivity contribution in [3.05, 3.63) is 29.8 Å². The van der Waals surface area contributed by atoms with Gasteiger partial charge in [-0.2, -0.15) is 0 Å². The standard InChI is InChI=1S/C17H28N2O2/c1-4-14-10-6-7-11-15(14)21-13-9-8-12-17(3,16(18)20)19-5-2/h6-7,10-11,19H,4-5,8-9,12-13H2,1-3H3,(H2,18,20). The lowest BCUT2D eigenvalue weighted by molar-refractivity contribution is -0.124. The molecule has 21 heavy (non-hydrogen) atoms. The van der Waals surface area contributed by atoms with Gasteiger partial charge >= 0.3 is 0 Å². The van der Waals surface area contributed by atoms with Gasteiger partial charge in [0, 0.05) is 0 Å². The van der Waals surface area contributed by atoms with Gasteiger partial charge in [0.1, 0.15) is 5.75 Å². The Kier molecular flexibility index (Phi) is 7.23. The monoisotopic (exact) mass is 292 g/mol. The van der Waals surface area contributed by atoms with Crippen LogP contribution >= 0.6 is 0 Å². The van der Waals surface area contributed by atoms with Gasteiger partial charge in [-0.3, -0.25) is 4.79 Å². The third kappa shape index (κ3) is 5.38. The first-order valence-electron chi connectivity index (χ1n) is 7.79. The van der Waals surface area contributed by atoms with Gasteiger partial charge in [-0.05, 0) is 50.8 Å². The molecule has 1 amide bonds. The van der Waals surface area contributed by atoms with Crippen LogP contribution in [0.4, 0.5) is 0 Å². The van der Waals surface area contributed by atoms with Gasteiger partial charge in [0.2, 0.25) is 5.91 Å². The van der Waals surface area contributed by atoms with Crippen molar-refractivity contribution in [2.75, 3.05) is 13.2 Å². The maximum Gasteiger partial charge on any atom is 0.237 e. The summed E-state index contributed by atoms with van der Waals surface area (Å²) in [7, 11) is 0. The number of unbranched alkanes of at least 4 members (excludes halogenated alkanes) is 1. The van der Waals surface area contributed by atoms with Crippen molar-refractivity contribution < 1.29 is 9.53 Å². The van der Waals surface area contributed by atoms with E-state index in [2.05, 4.69) is 18.3 Å². The number of carbonyl (C=O) groups excluding carboxylic acids is 1. The van der Waals surface area contributed by atoms with E-state index in [9.17, 15) is 4.79 Å². The van der Waals surface area contributed by atoms with Crippen LogP contribution in [-0.4, -0.2) is 24.6 Å². The van der Waals surface area contributed by atoms with E-state index in [-0.39, 0.29) is 5.91 Å². The Hall–Kier alpha value is -1.55. The predicted molar refractivity (Wildman–Crippen MR) is 86.4 cm³/mol. The summed E-state index contributed by atoms with van der Waals surface area (Å²) in [4.78, 5) is 11.5. The number of aryl methyl sites for hydroxylation is 1. The van der Waals surface area contributed by atoms with Crippen LogP contribution in [0.15, 0.2) is 24.3 Å². The van der Waals surface area contributed by atoms with E-state index in [4.69, 9.17) is 10.5 Å². The van der Waals surface area contributed by atoms with Crippen molar-refractivity contribution in [3.8, 4) is 5.75 Å². The maximum atomic E-state index is 11.5. The minimum absolute atomic E-state index is 0.290. The van der Waals surface area contributed by atoms with E-state index in [1.165, 1.54) is 5.56 Å². The largest absolute Gasteiger partial charge is 0.493 e. The molecular weight excluding hydrogens is 264 g/mol. The van der Waals surface area contributed by atoms with Crippen LogP contribution in [0, 0.1) is 0 Å². The number of amides is 1. The molecule has 0 aliphatic carbocycles. The lowest BCUT2D eigenvalue weighted by Crippen LogP contribution is -2.53. The summed E-state index contributed by atoms with van der Waals surface area (Å²) in [6, 6.07) is 8.11. The molecule has 4 heteroatoms. The zero-order chi connectivity index (χ0) is 15.7. The molecule has 0 aromatic heterocycles. The highest BCUT2D eigenvalue weighted by Gasteiger charge is 2.28. The second-order valence-electron chi connectivity index (χ2n) is 5.49. The lowest BCUT2D eigenvalue weighted by atomic mass is 9.94. The zero-order valence-electron chi connectivity index (χ0n) is 13.4. The molecule has 1 rings (SSSR count). The fourth-order valence-corrected chi connectivity index (χ4v) is 2.39. The van der Waals surface area contributed by atoms with Crippen LogP contribution in [0.1, 0.15) is 45.6 Å². The van der Waals surface area contributed by atoms with E-state index in [0.717, 1.165) is 38.0 Å². The van der Waals surface area contributed by atoms with Gasteiger partial charge in [0.05, 0.1) is 12.1 Å². The number of hydrogen-bond acceptors (Lipinski definition) is 3. The van der Waals surface area contributed by atoms with Crippen molar-refractivity contribution in [2.45, 2.75) is 52.0 Å². The van der Waals surface area contributed by atoms with Crippen molar-refractivity contribution in [2.24, 2.45) is 5.73 Å².